The Hall–Kier alpha value is -0.890. The largest absolute Gasteiger partial charge is 0.504 e. The second kappa shape index (κ2) is 5.76. The summed E-state index contributed by atoms with van der Waals surface area (Å²) >= 11 is 1.84. The van der Waals surface area contributed by atoms with E-state index in [9.17, 15) is 0 Å². The van der Waals surface area contributed by atoms with Crippen molar-refractivity contribution < 1.29 is 4.74 Å². The van der Waals surface area contributed by atoms with Gasteiger partial charge in [-0.1, -0.05) is 24.3 Å². The molecule has 0 aliphatic carbocycles. The molecule has 0 aliphatic rings. The third-order valence-corrected chi connectivity index (χ3v) is 2.64. The van der Waals surface area contributed by atoms with E-state index >= 15 is 0 Å². The molecule has 1 rings (SSSR count). The summed E-state index contributed by atoms with van der Waals surface area (Å²) in [7, 11) is 1.68. The van der Waals surface area contributed by atoms with Crippen molar-refractivity contribution in [3.05, 3.63) is 41.7 Å². The van der Waals surface area contributed by atoms with Gasteiger partial charge in [-0.2, -0.15) is 11.8 Å². The van der Waals surface area contributed by atoms with Crippen LogP contribution in [0, 0.1) is 0 Å². The fourth-order valence-corrected chi connectivity index (χ4v) is 1.99. The summed E-state index contributed by atoms with van der Waals surface area (Å²) < 4.78 is 5.02. The predicted octanol–water partition coefficient (Wildman–Crippen LogP) is 3.56. The van der Waals surface area contributed by atoms with Crippen molar-refractivity contribution in [2.75, 3.05) is 13.4 Å². The lowest BCUT2D eigenvalue weighted by molar-refractivity contribution is 0.339. The molecule has 0 fully saturated rings. The van der Waals surface area contributed by atoms with Crippen molar-refractivity contribution >= 4 is 17.3 Å². The number of hydrogen-bond acceptors (Lipinski definition) is 2. The number of allylic oxidation sites excluding steroid dienone is 1. The Morgan fingerprint density at radius 1 is 1.43 bits per heavy atom. The van der Waals surface area contributed by atoms with E-state index in [2.05, 4.69) is 37.4 Å². The summed E-state index contributed by atoms with van der Waals surface area (Å²) in [5.41, 5.74) is 3.83. The van der Waals surface area contributed by atoms with Crippen LogP contribution in [0.3, 0.4) is 0 Å². The Bertz CT molecular complexity index is 318. The minimum Gasteiger partial charge on any atom is -0.504 e. The molecule has 2 heteroatoms. The van der Waals surface area contributed by atoms with Gasteiger partial charge in [0.15, 0.2) is 0 Å². The molecule has 0 aliphatic heterocycles. The molecule has 0 saturated heterocycles. The number of hydrogen-bond donors (Lipinski definition) is 0. The molecule has 0 radical (unpaired) electrons. The Labute approximate surface area is 90.2 Å². The lowest BCUT2D eigenvalue weighted by Gasteiger charge is -2.08. The first-order chi connectivity index (χ1) is 6.79. The van der Waals surface area contributed by atoms with E-state index in [0.717, 1.165) is 5.75 Å². The van der Waals surface area contributed by atoms with E-state index in [0.29, 0.717) is 0 Å². The van der Waals surface area contributed by atoms with Crippen LogP contribution < -0.4 is 0 Å². The SMILES string of the molecule is CO/C=C(/C)c1ccccc1CSC. The monoisotopic (exact) mass is 208 g/mol. The maximum absolute atomic E-state index is 5.02. The summed E-state index contributed by atoms with van der Waals surface area (Å²) in [4.78, 5) is 0. The fourth-order valence-electron chi connectivity index (χ4n) is 1.43. The molecule has 0 atom stereocenters. The molecular formula is C12H16OS. The minimum atomic E-state index is 1.05. The van der Waals surface area contributed by atoms with Gasteiger partial charge in [0.05, 0.1) is 13.4 Å². The average Bonchev–Trinajstić information content (AvgIpc) is 2.19. The zero-order chi connectivity index (χ0) is 10.4. The van der Waals surface area contributed by atoms with Crippen molar-refractivity contribution in [3.63, 3.8) is 0 Å². The van der Waals surface area contributed by atoms with E-state index in [1.165, 1.54) is 16.7 Å². The third-order valence-electron chi connectivity index (χ3n) is 2.04. The van der Waals surface area contributed by atoms with Gasteiger partial charge in [-0.15, -0.1) is 0 Å². The Kier molecular flexibility index (Phi) is 4.60. The number of benzene rings is 1. The average molecular weight is 208 g/mol. The zero-order valence-corrected chi connectivity index (χ0v) is 9.73. The van der Waals surface area contributed by atoms with Gasteiger partial charge in [-0.05, 0) is 29.9 Å². The van der Waals surface area contributed by atoms with Crippen LogP contribution in [-0.4, -0.2) is 13.4 Å². The lowest BCUT2D eigenvalue weighted by atomic mass is 10.0. The molecule has 1 aromatic rings. The summed E-state index contributed by atoms with van der Waals surface area (Å²) in [6, 6.07) is 8.44. The van der Waals surface area contributed by atoms with Gasteiger partial charge >= 0.3 is 0 Å². The highest BCUT2D eigenvalue weighted by Crippen LogP contribution is 2.21. The number of ether oxygens (including phenoxy) is 1. The minimum absolute atomic E-state index is 1.05. The maximum Gasteiger partial charge on any atom is 0.0859 e. The number of thioether (sulfide) groups is 1. The molecule has 0 N–H and O–H groups in total. The molecule has 0 saturated carbocycles. The van der Waals surface area contributed by atoms with Crippen molar-refractivity contribution in [1.82, 2.24) is 0 Å². The molecule has 0 amide bonds. The molecule has 14 heavy (non-hydrogen) atoms. The molecule has 0 bridgehead atoms. The van der Waals surface area contributed by atoms with Crippen LogP contribution in [0.25, 0.3) is 5.57 Å². The van der Waals surface area contributed by atoms with Gasteiger partial charge in [0, 0.05) is 5.75 Å². The smallest absolute Gasteiger partial charge is 0.0859 e. The van der Waals surface area contributed by atoms with Crippen LogP contribution in [0.5, 0.6) is 0 Å². The first kappa shape index (κ1) is 11.2. The Morgan fingerprint density at radius 3 is 2.79 bits per heavy atom. The lowest BCUT2D eigenvalue weighted by Crippen LogP contribution is -1.89. The first-order valence-corrected chi connectivity index (χ1v) is 5.95. The van der Waals surface area contributed by atoms with Crippen LogP contribution in [0.15, 0.2) is 30.5 Å². The molecule has 76 valence electrons. The normalized spacial score (nSPS) is 11.5. The summed E-state index contributed by atoms with van der Waals surface area (Å²) in [5, 5.41) is 0. The Balaban J connectivity index is 3.00. The van der Waals surface area contributed by atoms with Crippen molar-refractivity contribution in [3.8, 4) is 0 Å². The zero-order valence-electron chi connectivity index (χ0n) is 8.91. The van der Waals surface area contributed by atoms with E-state index < -0.39 is 0 Å². The van der Waals surface area contributed by atoms with Gasteiger partial charge in [0.25, 0.3) is 0 Å². The molecule has 0 heterocycles. The number of rotatable bonds is 4. The van der Waals surface area contributed by atoms with E-state index in [-0.39, 0.29) is 0 Å². The molecule has 1 aromatic carbocycles. The van der Waals surface area contributed by atoms with Gasteiger partial charge in [0.1, 0.15) is 0 Å². The van der Waals surface area contributed by atoms with Crippen LogP contribution in [0.2, 0.25) is 0 Å². The second-order valence-corrected chi connectivity index (χ2v) is 3.99. The quantitative estimate of drug-likeness (QED) is 0.700. The molecular weight excluding hydrogens is 192 g/mol. The van der Waals surface area contributed by atoms with Crippen LogP contribution >= 0.6 is 11.8 Å². The molecule has 0 spiro atoms. The predicted molar refractivity (Wildman–Crippen MR) is 64.3 cm³/mol. The van der Waals surface area contributed by atoms with Crippen molar-refractivity contribution in [2.45, 2.75) is 12.7 Å². The van der Waals surface area contributed by atoms with Gasteiger partial charge in [-0.3, -0.25) is 0 Å². The fraction of sp³-hybridized carbons (Fsp3) is 0.333. The van der Waals surface area contributed by atoms with Gasteiger partial charge in [-0.25, -0.2) is 0 Å². The highest BCUT2D eigenvalue weighted by atomic mass is 32.2. The topological polar surface area (TPSA) is 9.23 Å². The van der Waals surface area contributed by atoms with Gasteiger partial charge < -0.3 is 4.74 Å². The van der Waals surface area contributed by atoms with Crippen molar-refractivity contribution in [1.29, 1.82) is 0 Å². The second-order valence-electron chi connectivity index (χ2n) is 3.13. The van der Waals surface area contributed by atoms with Crippen LogP contribution in [-0.2, 0) is 10.5 Å². The highest BCUT2D eigenvalue weighted by molar-refractivity contribution is 7.97. The van der Waals surface area contributed by atoms with Crippen molar-refractivity contribution in [2.24, 2.45) is 0 Å². The van der Waals surface area contributed by atoms with Gasteiger partial charge in [0.2, 0.25) is 0 Å². The molecule has 1 nitrogen and oxygen atoms in total. The Morgan fingerprint density at radius 2 is 2.14 bits per heavy atom. The third kappa shape index (κ3) is 2.81. The first-order valence-electron chi connectivity index (χ1n) is 4.56. The van der Waals surface area contributed by atoms with Crippen LogP contribution in [0.1, 0.15) is 18.1 Å². The summed E-state index contributed by atoms with van der Waals surface area (Å²) in [6.45, 7) is 2.07. The summed E-state index contributed by atoms with van der Waals surface area (Å²) in [5.74, 6) is 1.05. The van der Waals surface area contributed by atoms with E-state index in [1.807, 2.05) is 11.8 Å². The van der Waals surface area contributed by atoms with E-state index in [1.54, 1.807) is 13.4 Å². The summed E-state index contributed by atoms with van der Waals surface area (Å²) in [6.07, 6.45) is 3.91. The highest BCUT2D eigenvalue weighted by Gasteiger charge is 2.02. The van der Waals surface area contributed by atoms with Crippen LogP contribution in [0.4, 0.5) is 0 Å². The number of methoxy groups -OCH3 is 1. The standard InChI is InChI=1S/C12H16OS/c1-10(8-13-2)12-7-5-4-6-11(12)9-14-3/h4-8H,9H2,1-3H3/b10-8-. The van der Waals surface area contributed by atoms with E-state index in [4.69, 9.17) is 4.74 Å². The molecule has 0 aromatic heterocycles. The molecule has 0 unspecified atom stereocenters. The maximum atomic E-state index is 5.02.